The Labute approximate surface area is 185 Å². The molecule has 0 spiro atoms. The first-order valence-corrected chi connectivity index (χ1v) is 9.02. The minimum absolute atomic E-state index is 0.304. The average molecular weight is 442 g/mol. The highest BCUT2D eigenvalue weighted by atomic mass is 16.7. The SMILES string of the molecule is [2H]CC(=O)OC[C@H]1OC(Oc2ccccc2C)[C@H](OC(=O)C[2H])[C@@H](OC(=O)C[2H])[C@H]1OC(=O)C[2H]. The van der Waals surface area contributed by atoms with E-state index in [2.05, 4.69) is 0 Å². The number of hydrogen-bond donors (Lipinski definition) is 0. The summed E-state index contributed by atoms with van der Waals surface area (Å²) in [6.07, 6.45) is -7.51. The van der Waals surface area contributed by atoms with Gasteiger partial charge in [0.15, 0.2) is 12.2 Å². The van der Waals surface area contributed by atoms with Gasteiger partial charge in [-0.05, 0) is 18.6 Å². The third-order valence-corrected chi connectivity index (χ3v) is 4.14. The third kappa shape index (κ3) is 6.95. The molecule has 0 aromatic heterocycles. The maximum absolute atomic E-state index is 12.1. The van der Waals surface area contributed by atoms with Gasteiger partial charge >= 0.3 is 23.9 Å². The number of para-hydroxylation sites is 1. The number of aryl methyl sites for hydroxylation is 1. The minimum Gasteiger partial charge on any atom is -0.463 e. The Morgan fingerprint density at radius 3 is 2.06 bits per heavy atom. The number of rotatable bonds is 7. The van der Waals surface area contributed by atoms with Gasteiger partial charge in [0.25, 0.3) is 0 Å². The third-order valence-electron chi connectivity index (χ3n) is 4.14. The highest BCUT2D eigenvalue weighted by Crippen LogP contribution is 2.31. The first-order valence-electron chi connectivity index (χ1n) is 11.9. The molecule has 0 aliphatic carbocycles. The van der Waals surface area contributed by atoms with Gasteiger partial charge in [-0.3, -0.25) is 19.2 Å². The second-order valence-electron chi connectivity index (χ2n) is 6.47. The summed E-state index contributed by atoms with van der Waals surface area (Å²) in [5.41, 5.74) is 0.668. The van der Waals surface area contributed by atoms with Gasteiger partial charge in [0, 0.05) is 33.1 Å². The largest absolute Gasteiger partial charge is 0.463 e. The van der Waals surface area contributed by atoms with E-state index < -0.39 is 88.8 Å². The maximum Gasteiger partial charge on any atom is 0.303 e. The Bertz CT molecular complexity index is 899. The molecule has 31 heavy (non-hydrogen) atoms. The summed E-state index contributed by atoms with van der Waals surface area (Å²) in [5.74, 6) is -3.76. The lowest BCUT2D eigenvalue weighted by molar-refractivity contribution is -0.288. The molecule has 1 fully saturated rings. The Balaban J connectivity index is 2.51. The van der Waals surface area contributed by atoms with Crippen molar-refractivity contribution < 1.29 is 53.1 Å². The smallest absolute Gasteiger partial charge is 0.303 e. The number of carbonyl (C=O) groups excluding carboxylic acids is 4. The van der Waals surface area contributed by atoms with Crippen LogP contribution in [0.25, 0.3) is 0 Å². The number of benzene rings is 1. The molecule has 0 amide bonds. The molecule has 1 heterocycles. The van der Waals surface area contributed by atoms with E-state index in [-0.39, 0.29) is 0 Å². The van der Waals surface area contributed by atoms with E-state index in [9.17, 15) is 19.2 Å². The van der Waals surface area contributed by atoms with Crippen LogP contribution in [-0.4, -0.2) is 61.2 Å². The lowest BCUT2D eigenvalue weighted by Crippen LogP contribution is -2.63. The normalized spacial score (nSPS) is 26.8. The number of carbonyl (C=O) groups is 4. The summed E-state index contributed by atoms with van der Waals surface area (Å²) in [6, 6.07) is 6.74. The highest BCUT2D eigenvalue weighted by molar-refractivity contribution is 5.68. The first-order chi connectivity index (χ1) is 16.7. The van der Waals surface area contributed by atoms with E-state index in [1.54, 1.807) is 31.2 Å². The number of ether oxygens (including phenoxy) is 6. The molecule has 1 saturated heterocycles. The zero-order valence-corrected chi connectivity index (χ0v) is 16.8. The van der Waals surface area contributed by atoms with Crippen molar-refractivity contribution in [2.24, 2.45) is 0 Å². The molecular weight excluding hydrogens is 412 g/mol. The van der Waals surface area contributed by atoms with E-state index in [1.807, 2.05) is 0 Å². The fourth-order valence-electron chi connectivity index (χ4n) is 2.95. The van der Waals surface area contributed by atoms with Gasteiger partial charge in [0.2, 0.25) is 12.4 Å². The van der Waals surface area contributed by atoms with Crippen LogP contribution in [0.1, 0.15) is 38.6 Å². The standard InChI is InChI=1S/C21H26O10/c1-11-8-6-7-9-16(11)30-21-20(29-15(5)25)19(28-14(4)24)18(27-13(3)23)17(31-21)10-26-12(2)22/h6-9,17-21H,10H2,1-5H3/t17-,18+,19+,20-,21?/m1/s1/i2D,3D,4D,5D. The molecule has 5 atom stereocenters. The summed E-state index contributed by atoms with van der Waals surface area (Å²) >= 11 is 0. The van der Waals surface area contributed by atoms with Crippen LogP contribution >= 0.6 is 0 Å². The molecule has 1 aliphatic heterocycles. The Morgan fingerprint density at radius 2 is 1.45 bits per heavy atom. The van der Waals surface area contributed by atoms with Crippen molar-refractivity contribution in [3.05, 3.63) is 29.8 Å². The highest BCUT2D eigenvalue weighted by Gasteiger charge is 2.53. The summed E-state index contributed by atoms with van der Waals surface area (Å²) < 4.78 is 61.3. The quantitative estimate of drug-likeness (QED) is 0.453. The summed E-state index contributed by atoms with van der Waals surface area (Å²) in [7, 11) is 0. The average Bonchev–Trinajstić information content (AvgIpc) is 2.86. The predicted octanol–water partition coefficient (Wildman–Crippen LogP) is 1.46. The molecular formula is C21H26O10. The van der Waals surface area contributed by atoms with Crippen LogP contribution in [-0.2, 0) is 42.9 Å². The van der Waals surface area contributed by atoms with Gasteiger partial charge in [-0.1, -0.05) is 18.2 Å². The molecule has 1 aliphatic rings. The van der Waals surface area contributed by atoms with Crippen LogP contribution in [0, 0.1) is 6.92 Å². The molecule has 0 saturated carbocycles. The number of esters is 4. The van der Waals surface area contributed by atoms with Crippen LogP contribution in [0.5, 0.6) is 5.75 Å². The molecule has 10 nitrogen and oxygen atoms in total. The maximum atomic E-state index is 12.1. The van der Waals surface area contributed by atoms with Gasteiger partial charge in [-0.15, -0.1) is 0 Å². The van der Waals surface area contributed by atoms with Crippen molar-refractivity contribution >= 4 is 23.9 Å². The summed E-state index contributed by atoms with van der Waals surface area (Å²) in [5, 5.41) is 0. The molecule has 0 N–H and O–H groups in total. The van der Waals surface area contributed by atoms with Crippen LogP contribution in [0.2, 0.25) is 0 Å². The topological polar surface area (TPSA) is 124 Å². The van der Waals surface area contributed by atoms with E-state index in [0.717, 1.165) is 0 Å². The predicted molar refractivity (Wildman–Crippen MR) is 104 cm³/mol. The lowest BCUT2D eigenvalue weighted by Gasteiger charge is -2.44. The monoisotopic (exact) mass is 442 g/mol. The minimum atomic E-state index is -1.60. The van der Waals surface area contributed by atoms with Crippen molar-refractivity contribution in [1.82, 2.24) is 0 Å². The van der Waals surface area contributed by atoms with E-state index in [0.29, 0.717) is 11.3 Å². The first kappa shape index (κ1) is 18.6. The van der Waals surface area contributed by atoms with Crippen LogP contribution in [0.3, 0.4) is 0 Å². The lowest BCUT2D eigenvalue weighted by atomic mass is 9.98. The fourth-order valence-corrected chi connectivity index (χ4v) is 2.95. The van der Waals surface area contributed by atoms with E-state index in [4.69, 9.17) is 33.9 Å². The van der Waals surface area contributed by atoms with Gasteiger partial charge in [-0.25, -0.2) is 0 Å². The van der Waals surface area contributed by atoms with Crippen molar-refractivity contribution in [1.29, 1.82) is 0 Å². The van der Waals surface area contributed by atoms with Crippen molar-refractivity contribution in [3.63, 3.8) is 0 Å². The van der Waals surface area contributed by atoms with Crippen LogP contribution < -0.4 is 4.74 Å². The van der Waals surface area contributed by atoms with Crippen LogP contribution in [0.4, 0.5) is 0 Å². The molecule has 1 aromatic carbocycles. The zero-order valence-electron chi connectivity index (χ0n) is 20.8. The summed E-state index contributed by atoms with van der Waals surface area (Å²) in [6.45, 7) is -1.96. The van der Waals surface area contributed by atoms with Crippen LogP contribution in [0.15, 0.2) is 24.3 Å². The van der Waals surface area contributed by atoms with Crippen molar-refractivity contribution in [2.75, 3.05) is 6.61 Å². The van der Waals surface area contributed by atoms with Gasteiger partial charge in [0.1, 0.15) is 18.5 Å². The molecule has 2 rings (SSSR count). The van der Waals surface area contributed by atoms with E-state index in [1.165, 1.54) is 0 Å². The number of hydrogen-bond acceptors (Lipinski definition) is 10. The Hall–Kier alpha value is -3.14. The molecule has 1 unspecified atom stereocenters. The van der Waals surface area contributed by atoms with E-state index >= 15 is 0 Å². The summed E-state index contributed by atoms with van der Waals surface area (Å²) in [4.78, 5) is 47.7. The van der Waals surface area contributed by atoms with Crippen molar-refractivity contribution in [3.8, 4) is 5.75 Å². The second kappa shape index (κ2) is 10.8. The fraction of sp³-hybridized carbons (Fsp3) is 0.524. The molecule has 0 bridgehead atoms. The Morgan fingerprint density at radius 1 is 0.871 bits per heavy atom. The molecule has 0 radical (unpaired) electrons. The second-order valence-corrected chi connectivity index (χ2v) is 6.47. The molecule has 1 aromatic rings. The molecule has 170 valence electrons. The van der Waals surface area contributed by atoms with Gasteiger partial charge in [0.05, 0.1) is 0 Å². The van der Waals surface area contributed by atoms with Crippen molar-refractivity contribution in [2.45, 2.75) is 65.2 Å². The zero-order chi connectivity index (χ0) is 26.0. The van der Waals surface area contributed by atoms with Gasteiger partial charge in [-0.2, -0.15) is 0 Å². The van der Waals surface area contributed by atoms with Gasteiger partial charge < -0.3 is 28.4 Å². The Kier molecular flexibility index (Phi) is 6.46. The molecule has 10 heteroatoms.